The molecular weight excluding hydrogens is 400 g/mol. The van der Waals surface area contributed by atoms with E-state index >= 15 is 0 Å². The maximum Gasteiger partial charge on any atom is 0.315 e. The number of ether oxygens (including phenoxy) is 1. The van der Waals surface area contributed by atoms with Gasteiger partial charge in [-0.2, -0.15) is 0 Å². The predicted octanol–water partition coefficient (Wildman–Crippen LogP) is 3.61. The number of carbonyl (C=O) groups excluding carboxylic acids is 2. The van der Waals surface area contributed by atoms with Crippen LogP contribution in [0.25, 0.3) is 11.3 Å². The fraction of sp³-hybridized carbons (Fsp3) is 0.150. The number of hydrogen-bond donors (Lipinski definition) is 2. The van der Waals surface area contributed by atoms with E-state index < -0.39 is 29.6 Å². The Morgan fingerprint density at radius 2 is 1.93 bits per heavy atom. The van der Waals surface area contributed by atoms with Crippen LogP contribution in [-0.4, -0.2) is 29.4 Å². The van der Waals surface area contributed by atoms with Crippen molar-refractivity contribution >= 4 is 28.3 Å². The molecule has 0 bridgehead atoms. The first-order chi connectivity index (χ1) is 13.9. The van der Waals surface area contributed by atoms with Crippen molar-refractivity contribution in [3.05, 3.63) is 65.5 Å². The Kier molecular flexibility index (Phi) is 6.50. The molecule has 0 saturated heterocycles. The summed E-state index contributed by atoms with van der Waals surface area (Å²) in [5.74, 6) is -2.32. The van der Waals surface area contributed by atoms with Crippen LogP contribution in [0.15, 0.2) is 53.9 Å². The van der Waals surface area contributed by atoms with E-state index in [0.717, 1.165) is 11.3 Å². The van der Waals surface area contributed by atoms with Crippen LogP contribution in [-0.2, 0) is 9.59 Å². The fourth-order valence-corrected chi connectivity index (χ4v) is 3.11. The van der Waals surface area contributed by atoms with Gasteiger partial charge >= 0.3 is 11.8 Å². The minimum atomic E-state index is -0.905. The maximum absolute atomic E-state index is 13.8. The largest absolute Gasteiger partial charge is 0.489 e. The van der Waals surface area contributed by atoms with E-state index in [9.17, 15) is 18.4 Å². The molecule has 9 heteroatoms. The summed E-state index contributed by atoms with van der Waals surface area (Å²) in [6, 6.07) is 11.7. The highest BCUT2D eigenvalue weighted by atomic mass is 32.1. The third-order valence-electron chi connectivity index (χ3n) is 3.76. The van der Waals surface area contributed by atoms with Crippen LogP contribution in [0.5, 0.6) is 5.75 Å². The average Bonchev–Trinajstić information content (AvgIpc) is 3.14. The van der Waals surface area contributed by atoms with Crippen LogP contribution in [0.1, 0.15) is 6.92 Å². The Bertz CT molecular complexity index is 1030. The molecule has 0 aliphatic heterocycles. The number of nitrogens with one attached hydrogen (secondary N) is 2. The predicted molar refractivity (Wildman–Crippen MR) is 106 cm³/mol. The summed E-state index contributed by atoms with van der Waals surface area (Å²) in [6.07, 6.45) is -0.485. The van der Waals surface area contributed by atoms with Crippen LogP contribution in [0.2, 0.25) is 0 Å². The van der Waals surface area contributed by atoms with Crippen LogP contribution in [0, 0.1) is 11.6 Å². The number of hydrogen-bond acceptors (Lipinski definition) is 5. The van der Waals surface area contributed by atoms with Crippen LogP contribution in [0.3, 0.4) is 0 Å². The lowest BCUT2D eigenvalue weighted by molar-refractivity contribution is -0.136. The first kappa shape index (κ1) is 20.4. The standard InChI is InChI=1S/C20H17F2N3O3S/c1-12(28-14-6-4-5-13(21)9-14)10-23-18(26)19(27)25-20-24-17(11-29-20)15-7-2-3-8-16(15)22/h2-9,11-12H,10H2,1H3,(H,23,26)(H,24,25,27). The molecule has 29 heavy (non-hydrogen) atoms. The third-order valence-corrected chi connectivity index (χ3v) is 4.52. The Morgan fingerprint density at radius 3 is 2.69 bits per heavy atom. The Morgan fingerprint density at radius 1 is 1.14 bits per heavy atom. The maximum atomic E-state index is 13.8. The van der Waals surface area contributed by atoms with Gasteiger partial charge in [0.1, 0.15) is 23.5 Å². The highest BCUT2D eigenvalue weighted by Gasteiger charge is 2.17. The summed E-state index contributed by atoms with van der Waals surface area (Å²) in [5.41, 5.74) is 0.665. The zero-order valence-corrected chi connectivity index (χ0v) is 16.1. The Hall–Kier alpha value is -3.33. The van der Waals surface area contributed by atoms with Gasteiger partial charge in [0.2, 0.25) is 0 Å². The van der Waals surface area contributed by atoms with Crippen molar-refractivity contribution in [3.8, 4) is 17.0 Å². The van der Waals surface area contributed by atoms with Crippen molar-refractivity contribution in [2.75, 3.05) is 11.9 Å². The van der Waals surface area contributed by atoms with Gasteiger partial charge in [0.15, 0.2) is 5.13 Å². The summed E-state index contributed by atoms with van der Waals surface area (Å²) in [4.78, 5) is 28.1. The number of amides is 2. The molecule has 0 radical (unpaired) electrons. The molecule has 1 heterocycles. The lowest BCUT2D eigenvalue weighted by Crippen LogP contribution is -2.40. The van der Waals surface area contributed by atoms with Crippen molar-refractivity contribution in [2.45, 2.75) is 13.0 Å². The van der Waals surface area contributed by atoms with Gasteiger partial charge < -0.3 is 10.1 Å². The van der Waals surface area contributed by atoms with E-state index in [1.807, 2.05) is 0 Å². The number of rotatable bonds is 6. The molecule has 3 rings (SSSR count). The van der Waals surface area contributed by atoms with Gasteiger partial charge in [0.25, 0.3) is 0 Å². The van der Waals surface area contributed by atoms with Crippen molar-refractivity contribution < 1.29 is 23.1 Å². The van der Waals surface area contributed by atoms with E-state index in [2.05, 4.69) is 15.6 Å². The van der Waals surface area contributed by atoms with Gasteiger partial charge in [-0.1, -0.05) is 18.2 Å². The number of aromatic nitrogens is 1. The first-order valence-electron chi connectivity index (χ1n) is 8.64. The smallest absolute Gasteiger partial charge is 0.315 e. The lowest BCUT2D eigenvalue weighted by atomic mass is 10.2. The van der Waals surface area contributed by atoms with Gasteiger partial charge in [-0.25, -0.2) is 13.8 Å². The molecule has 1 atom stereocenters. The molecule has 0 aliphatic rings. The molecule has 1 unspecified atom stereocenters. The molecule has 0 aliphatic carbocycles. The van der Waals surface area contributed by atoms with Gasteiger partial charge in [0.05, 0.1) is 12.2 Å². The number of nitrogens with zero attached hydrogens (tertiary/aromatic N) is 1. The topological polar surface area (TPSA) is 80.3 Å². The SMILES string of the molecule is CC(CNC(=O)C(=O)Nc1nc(-c2ccccc2F)cs1)Oc1cccc(F)c1. The molecule has 0 fully saturated rings. The molecule has 0 spiro atoms. The molecule has 6 nitrogen and oxygen atoms in total. The lowest BCUT2D eigenvalue weighted by Gasteiger charge is -2.15. The Balaban J connectivity index is 1.51. The monoisotopic (exact) mass is 417 g/mol. The van der Waals surface area contributed by atoms with Gasteiger partial charge in [0, 0.05) is 17.0 Å². The summed E-state index contributed by atoms with van der Waals surface area (Å²) in [6.45, 7) is 1.71. The number of halogens is 2. The molecule has 0 saturated carbocycles. The highest BCUT2D eigenvalue weighted by Crippen LogP contribution is 2.26. The molecular formula is C20H17F2N3O3S. The van der Waals surface area contributed by atoms with E-state index in [-0.39, 0.29) is 11.7 Å². The zero-order valence-electron chi connectivity index (χ0n) is 15.3. The molecule has 2 amide bonds. The number of benzene rings is 2. The summed E-state index contributed by atoms with van der Waals surface area (Å²) in [7, 11) is 0. The molecule has 150 valence electrons. The van der Waals surface area contributed by atoms with Gasteiger partial charge in [-0.15, -0.1) is 11.3 Å². The second-order valence-electron chi connectivity index (χ2n) is 6.07. The third kappa shape index (κ3) is 5.58. The van der Waals surface area contributed by atoms with E-state index in [0.29, 0.717) is 17.0 Å². The molecule has 3 aromatic rings. The number of carbonyl (C=O) groups is 2. The number of anilines is 1. The van der Waals surface area contributed by atoms with E-state index in [1.165, 1.54) is 24.3 Å². The average molecular weight is 417 g/mol. The second-order valence-corrected chi connectivity index (χ2v) is 6.93. The van der Waals surface area contributed by atoms with Crippen molar-refractivity contribution in [3.63, 3.8) is 0 Å². The second kappa shape index (κ2) is 9.24. The minimum absolute atomic E-state index is 0.0428. The van der Waals surface area contributed by atoms with Crippen molar-refractivity contribution in [1.29, 1.82) is 0 Å². The van der Waals surface area contributed by atoms with Crippen LogP contribution < -0.4 is 15.4 Å². The van der Waals surface area contributed by atoms with Gasteiger partial charge in [-0.3, -0.25) is 14.9 Å². The first-order valence-corrected chi connectivity index (χ1v) is 9.52. The minimum Gasteiger partial charge on any atom is -0.489 e. The molecule has 2 aromatic carbocycles. The van der Waals surface area contributed by atoms with Gasteiger partial charge in [-0.05, 0) is 31.2 Å². The van der Waals surface area contributed by atoms with Crippen LogP contribution >= 0.6 is 11.3 Å². The van der Waals surface area contributed by atoms with Crippen molar-refractivity contribution in [1.82, 2.24) is 10.3 Å². The molecule has 1 aromatic heterocycles. The molecule has 2 N–H and O–H groups in total. The normalized spacial score (nSPS) is 11.6. The quantitative estimate of drug-likeness (QED) is 0.601. The summed E-state index contributed by atoms with van der Waals surface area (Å²) in [5, 5.41) is 6.57. The van der Waals surface area contributed by atoms with Crippen molar-refractivity contribution in [2.24, 2.45) is 0 Å². The number of thiazole rings is 1. The summed E-state index contributed by atoms with van der Waals surface area (Å²) >= 11 is 1.08. The summed E-state index contributed by atoms with van der Waals surface area (Å²) < 4.78 is 32.4. The van der Waals surface area contributed by atoms with Crippen LogP contribution in [0.4, 0.5) is 13.9 Å². The zero-order chi connectivity index (χ0) is 20.8. The van der Waals surface area contributed by atoms with E-state index in [1.54, 1.807) is 36.6 Å². The highest BCUT2D eigenvalue weighted by molar-refractivity contribution is 7.14. The Labute approximate surface area is 169 Å². The van der Waals surface area contributed by atoms with E-state index in [4.69, 9.17) is 4.74 Å². The fourth-order valence-electron chi connectivity index (χ4n) is 2.41.